The third kappa shape index (κ3) is 3.01. The number of carbonyl (C=O) groups excluding carboxylic acids is 1. The van der Waals surface area contributed by atoms with Crippen molar-refractivity contribution in [3.8, 4) is 0 Å². The number of anilines is 1. The lowest BCUT2D eigenvalue weighted by molar-refractivity contribution is -0.133. The van der Waals surface area contributed by atoms with Crippen LogP contribution in [0.1, 0.15) is 19.5 Å². The quantitative estimate of drug-likeness (QED) is 0.798. The Kier molecular flexibility index (Phi) is 3.98. The minimum atomic E-state index is -0.906. The van der Waals surface area contributed by atoms with Crippen LogP contribution in [0.15, 0.2) is 18.2 Å². The molecule has 1 heterocycles. The van der Waals surface area contributed by atoms with E-state index in [9.17, 15) is 4.79 Å². The molecule has 5 nitrogen and oxygen atoms in total. The van der Waals surface area contributed by atoms with Crippen molar-refractivity contribution in [3.05, 3.63) is 23.9 Å². The monoisotopic (exact) mass is 224 g/mol. The summed E-state index contributed by atoms with van der Waals surface area (Å²) >= 11 is 0. The molecule has 0 fully saturated rings. The maximum absolute atomic E-state index is 11.7. The van der Waals surface area contributed by atoms with Crippen LogP contribution in [0.2, 0.25) is 0 Å². The standard InChI is InChI=1S/C11H16N2O3/c1-11(2,16-3)10(15)13-9-6-4-5-8(7-14)12-9/h4-6,14H,7H2,1-3H3,(H,12,13,15). The van der Waals surface area contributed by atoms with Crippen molar-refractivity contribution >= 4 is 11.7 Å². The van der Waals surface area contributed by atoms with Gasteiger partial charge in [-0.1, -0.05) is 6.07 Å². The largest absolute Gasteiger partial charge is 0.390 e. The molecule has 5 heteroatoms. The first-order chi connectivity index (χ1) is 7.49. The Morgan fingerprint density at radius 1 is 1.56 bits per heavy atom. The number of methoxy groups -OCH3 is 1. The van der Waals surface area contributed by atoms with Crippen LogP contribution in [0.4, 0.5) is 5.82 Å². The fraction of sp³-hybridized carbons (Fsp3) is 0.455. The number of aliphatic hydroxyl groups is 1. The molecule has 1 aromatic rings. The van der Waals surface area contributed by atoms with E-state index >= 15 is 0 Å². The summed E-state index contributed by atoms with van der Waals surface area (Å²) in [6.45, 7) is 3.17. The SMILES string of the molecule is COC(C)(C)C(=O)Nc1cccc(CO)n1. The van der Waals surface area contributed by atoms with E-state index < -0.39 is 5.60 Å². The van der Waals surface area contributed by atoms with Crippen LogP contribution >= 0.6 is 0 Å². The van der Waals surface area contributed by atoms with Gasteiger partial charge in [-0.15, -0.1) is 0 Å². The topological polar surface area (TPSA) is 71.5 Å². The molecular formula is C11H16N2O3. The molecule has 1 amide bonds. The number of amides is 1. The summed E-state index contributed by atoms with van der Waals surface area (Å²) in [6.07, 6.45) is 0. The van der Waals surface area contributed by atoms with Gasteiger partial charge in [0.05, 0.1) is 12.3 Å². The molecule has 0 aliphatic carbocycles. The number of pyridine rings is 1. The smallest absolute Gasteiger partial charge is 0.257 e. The van der Waals surface area contributed by atoms with Gasteiger partial charge in [-0.25, -0.2) is 4.98 Å². The molecule has 1 aromatic heterocycles. The Morgan fingerprint density at radius 2 is 2.25 bits per heavy atom. The predicted molar refractivity (Wildman–Crippen MR) is 59.9 cm³/mol. The van der Waals surface area contributed by atoms with Crippen molar-refractivity contribution in [2.45, 2.75) is 26.1 Å². The molecule has 2 N–H and O–H groups in total. The first-order valence-corrected chi connectivity index (χ1v) is 4.93. The molecule has 1 rings (SSSR count). The number of rotatable bonds is 4. The van der Waals surface area contributed by atoms with Crippen LogP contribution in [-0.2, 0) is 16.1 Å². The third-order valence-corrected chi connectivity index (χ3v) is 2.27. The van der Waals surface area contributed by atoms with E-state index in [-0.39, 0.29) is 12.5 Å². The molecule has 88 valence electrons. The number of nitrogens with one attached hydrogen (secondary N) is 1. The molecular weight excluding hydrogens is 208 g/mol. The van der Waals surface area contributed by atoms with E-state index in [0.29, 0.717) is 11.5 Å². The zero-order valence-corrected chi connectivity index (χ0v) is 9.65. The molecule has 16 heavy (non-hydrogen) atoms. The molecule has 0 atom stereocenters. The van der Waals surface area contributed by atoms with Crippen LogP contribution in [0, 0.1) is 0 Å². The minimum absolute atomic E-state index is 0.155. The zero-order chi connectivity index (χ0) is 12.2. The highest BCUT2D eigenvalue weighted by Gasteiger charge is 2.27. The number of aromatic nitrogens is 1. The van der Waals surface area contributed by atoms with E-state index in [1.54, 1.807) is 32.0 Å². The van der Waals surface area contributed by atoms with E-state index in [1.807, 2.05) is 0 Å². The van der Waals surface area contributed by atoms with E-state index in [1.165, 1.54) is 7.11 Å². The number of nitrogens with zero attached hydrogens (tertiary/aromatic N) is 1. The lowest BCUT2D eigenvalue weighted by atomic mass is 10.1. The Morgan fingerprint density at radius 3 is 2.81 bits per heavy atom. The third-order valence-electron chi connectivity index (χ3n) is 2.27. The lowest BCUT2D eigenvalue weighted by Crippen LogP contribution is -2.39. The van der Waals surface area contributed by atoms with Crippen molar-refractivity contribution in [1.82, 2.24) is 4.98 Å². The number of carbonyl (C=O) groups is 1. The first kappa shape index (κ1) is 12.6. The van der Waals surface area contributed by atoms with E-state index in [4.69, 9.17) is 9.84 Å². The van der Waals surface area contributed by atoms with Gasteiger partial charge in [0.15, 0.2) is 0 Å². The van der Waals surface area contributed by atoms with Gasteiger partial charge in [0.1, 0.15) is 11.4 Å². The van der Waals surface area contributed by atoms with Crippen molar-refractivity contribution in [2.24, 2.45) is 0 Å². The Balaban J connectivity index is 2.77. The maximum Gasteiger partial charge on any atom is 0.257 e. The van der Waals surface area contributed by atoms with Gasteiger partial charge in [0.2, 0.25) is 0 Å². The molecule has 0 aliphatic rings. The van der Waals surface area contributed by atoms with Crippen molar-refractivity contribution in [1.29, 1.82) is 0 Å². The Bertz CT molecular complexity index is 377. The fourth-order valence-electron chi connectivity index (χ4n) is 0.997. The first-order valence-electron chi connectivity index (χ1n) is 4.93. The van der Waals surface area contributed by atoms with Gasteiger partial charge in [-0.05, 0) is 26.0 Å². The average Bonchev–Trinajstić information content (AvgIpc) is 2.29. The summed E-state index contributed by atoms with van der Waals surface area (Å²) in [5.74, 6) is 0.124. The average molecular weight is 224 g/mol. The van der Waals surface area contributed by atoms with Crippen LogP contribution < -0.4 is 5.32 Å². The zero-order valence-electron chi connectivity index (χ0n) is 9.65. The second-order valence-electron chi connectivity index (χ2n) is 3.84. The fourth-order valence-corrected chi connectivity index (χ4v) is 0.997. The van der Waals surface area contributed by atoms with Gasteiger partial charge in [-0.2, -0.15) is 0 Å². The summed E-state index contributed by atoms with van der Waals surface area (Å²) < 4.78 is 5.04. The maximum atomic E-state index is 11.7. The molecule has 0 aliphatic heterocycles. The molecule has 0 saturated carbocycles. The highest BCUT2D eigenvalue weighted by atomic mass is 16.5. The van der Waals surface area contributed by atoms with E-state index in [0.717, 1.165) is 0 Å². The highest BCUT2D eigenvalue weighted by Crippen LogP contribution is 2.12. The number of hydrogen-bond donors (Lipinski definition) is 2. The van der Waals surface area contributed by atoms with Gasteiger partial charge in [0.25, 0.3) is 5.91 Å². The van der Waals surface area contributed by atoms with Gasteiger partial charge >= 0.3 is 0 Å². The molecule has 0 unspecified atom stereocenters. The van der Waals surface area contributed by atoms with Crippen molar-refractivity contribution in [2.75, 3.05) is 12.4 Å². The minimum Gasteiger partial charge on any atom is -0.390 e. The van der Waals surface area contributed by atoms with Crippen LogP contribution in [0.25, 0.3) is 0 Å². The number of ether oxygens (including phenoxy) is 1. The van der Waals surface area contributed by atoms with Crippen molar-refractivity contribution in [3.63, 3.8) is 0 Å². The highest BCUT2D eigenvalue weighted by molar-refractivity contribution is 5.95. The molecule has 0 aromatic carbocycles. The van der Waals surface area contributed by atoms with Crippen LogP contribution in [0.5, 0.6) is 0 Å². The normalized spacial score (nSPS) is 11.2. The van der Waals surface area contributed by atoms with Crippen LogP contribution in [-0.4, -0.2) is 28.7 Å². The van der Waals surface area contributed by atoms with Crippen molar-refractivity contribution < 1.29 is 14.6 Å². The molecule has 0 saturated heterocycles. The van der Waals surface area contributed by atoms with Gasteiger partial charge in [-0.3, -0.25) is 4.79 Å². The Hall–Kier alpha value is -1.46. The number of aliphatic hydroxyl groups excluding tert-OH is 1. The summed E-state index contributed by atoms with van der Waals surface area (Å²) in [7, 11) is 1.47. The lowest BCUT2D eigenvalue weighted by Gasteiger charge is -2.21. The molecule has 0 bridgehead atoms. The van der Waals surface area contributed by atoms with Gasteiger partial charge in [0, 0.05) is 7.11 Å². The second kappa shape index (κ2) is 5.05. The van der Waals surface area contributed by atoms with Gasteiger partial charge < -0.3 is 15.2 Å². The summed E-state index contributed by atoms with van der Waals surface area (Å²) in [4.78, 5) is 15.8. The molecule has 0 spiro atoms. The Labute approximate surface area is 94.5 Å². The molecule has 0 radical (unpaired) electrons. The summed E-state index contributed by atoms with van der Waals surface area (Å²) in [5, 5.41) is 11.5. The predicted octanol–water partition coefficient (Wildman–Crippen LogP) is 0.937. The summed E-state index contributed by atoms with van der Waals surface area (Å²) in [6, 6.07) is 5.05. The number of hydrogen-bond acceptors (Lipinski definition) is 4. The summed E-state index contributed by atoms with van der Waals surface area (Å²) in [5.41, 5.74) is -0.398. The van der Waals surface area contributed by atoms with Crippen LogP contribution in [0.3, 0.4) is 0 Å². The second-order valence-corrected chi connectivity index (χ2v) is 3.84. The van der Waals surface area contributed by atoms with E-state index in [2.05, 4.69) is 10.3 Å².